The quantitative estimate of drug-likeness (QED) is 0.181. The number of Topliss-reactive ketones (excluding diaryl/α,β-unsaturated/α-hetero) is 2. The Bertz CT molecular complexity index is 1260. The average molecular weight is 627 g/mol. The van der Waals surface area contributed by atoms with E-state index in [-0.39, 0.29) is 35.9 Å². The van der Waals surface area contributed by atoms with E-state index >= 15 is 0 Å². The van der Waals surface area contributed by atoms with Gasteiger partial charge in [0, 0.05) is 25.2 Å². The number of carbonyl (C=O) groups is 6. The van der Waals surface area contributed by atoms with Crippen LogP contribution >= 0.6 is 0 Å². The highest BCUT2D eigenvalue weighted by Crippen LogP contribution is 2.35. The number of nitrogens with one attached hydrogen (secondary N) is 3. The van der Waals surface area contributed by atoms with Crippen LogP contribution in [0.4, 0.5) is 4.79 Å². The van der Waals surface area contributed by atoms with Crippen LogP contribution in [-0.4, -0.2) is 75.9 Å². The molecular formula is C33H50N6O6. The maximum Gasteiger partial charge on any atom is 0.315 e. The summed E-state index contributed by atoms with van der Waals surface area (Å²) in [6.45, 7) is 13.5. The third-order valence-electron chi connectivity index (χ3n) is 8.86. The molecule has 1 saturated carbocycles. The normalized spacial score (nSPS) is 20.3. The second kappa shape index (κ2) is 15.0. The number of nitrogens with zero attached hydrogens (tertiary/aromatic N) is 2. The van der Waals surface area contributed by atoms with E-state index in [0.717, 1.165) is 12.8 Å². The van der Waals surface area contributed by atoms with E-state index in [2.05, 4.69) is 20.9 Å². The van der Waals surface area contributed by atoms with Crippen molar-refractivity contribution in [3.05, 3.63) is 30.1 Å². The molecule has 5 N–H and O–H groups in total. The predicted octanol–water partition coefficient (Wildman–Crippen LogP) is 2.61. The van der Waals surface area contributed by atoms with Crippen molar-refractivity contribution in [2.24, 2.45) is 34.8 Å². The largest absolute Gasteiger partial charge is 0.363 e. The van der Waals surface area contributed by atoms with Crippen molar-refractivity contribution in [1.29, 1.82) is 0 Å². The highest BCUT2D eigenvalue weighted by Gasteiger charge is 2.48. The molecule has 0 bridgehead atoms. The van der Waals surface area contributed by atoms with Crippen molar-refractivity contribution < 1.29 is 28.8 Å². The smallest absolute Gasteiger partial charge is 0.315 e. The van der Waals surface area contributed by atoms with Gasteiger partial charge in [-0.3, -0.25) is 29.0 Å². The van der Waals surface area contributed by atoms with Gasteiger partial charge in [-0.25, -0.2) is 4.79 Å². The van der Waals surface area contributed by atoms with Crippen molar-refractivity contribution in [2.75, 3.05) is 6.54 Å². The fraction of sp³-hybridized carbons (Fsp3) is 0.667. The third-order valence-corrected chi connectivity index (χ3v) is 8.86. The zero-order valence-electron chi connectivity index (χ0n) is 27.6. The minimum atomic E-state index is -1.11. The van der Waals surface area contributed by atoms with Gasteiger partial charge in [0.15, 0.2) is 5.78 Å². The molecular weight excluding hydrogens is 576 g/mol. The summed E-state index contributed by atoms with van der Waals surface area (Å²) in [4.78, 5) is 84.1. The summed E-state index contributed by atoms with van der Waals surface area (Å²) >= 11 is 0. The molecule has 1 aromatic heterocycles. The van der Waals surface area contributed by atoms with E-state index in [1.54, 1.807) is 18.2 Å². The zero-order valence-corrected chi connectivity index (χ0v) is 27.6. The molecule has 45 heavy (non-hydrogen) atoms. The van der Waals surface area contributed by atoms with Crippen LogP contribution in [0.15, 0.2) is 24.4 Å². The van der Waals surface area contributed by atoms with Crippen LogP contribution in [0.25, 0.3) is 0 Å². The van der Waals surface area contributed by atoms with Crippen LogP contribution in [0.2, 0.25) is 0 Å². The Morgan fingerprint density at radius 3 is 2.16 bits per heavy atom. The lowest BCUT2D eigenvalue weighted by Crippen LogP contribution is -2.61. The number of ketones is 2. The molecule has 5 atom stereocenters. The Kier molecular flexibility index (Phi) is 11.9. The molecule has 0 spiro atoms. The Labute approximate surface area is 266 Å². The van der Waals surface area contributed by atoms with E-state index in [4.69, 9.17) is 5.73 Å². The highest BCUT2D eigenvalue weighted by atomic mass is 16.2. The molecule has 2 aliphatic rings. The molecule has 0 aromatic carbocycles. The number of carbonyl (C=O) groups excluding carboxylic acids is 6. The van der Waals surface area contributed by atoms with Gasteiger partial charge in [-0.15, -0.1) is 0 Å². The average Bonchev–Trinajstić information content (AvgIpc) is 3.67. The van der Waals surface area contributed by atoms with Crippen LogP contribution in [-0.2, 0) is 19.2 Å². The van der Waals surface area contributed by atoms with Crippen molar-refractivity contribution in [2.45, 2.75) is 105 Å². The molecule has 0 radical (unpaired) electrons. The lowest BCUT2D eigenvalue weighted by molar-refractivity contribution is -0.144. The van der Waals surface area contributed by atoms with Crippen LogP contribution < -0.4 is 21.7 Å². The van der Waals surface area contributed by atoms with Gasteiger partial charge in [-0.1, -0.05) is 67.4 Å². The summed E-state index contributed by atoms with van der Waals surface area (Å²) in [5, 5.41) is 8.45. The zero-order chi connectivity index (χ0) is 33.6. The topological polar surface area (TPSA) is 181 Å². The molecule has 1 aliphatic heterocycles. The molecule has 3 rings (SSSR count). The first-order valence-electron chi connectivity index (χ1n) is 16.0. The molecule has 1 aromatic rings. The standard InChI is InChI=1S/C33H50N6O6/c1-18(2)21-13-15-39(26(21)30(43)36-24(16-20-11-12-20)27(41)29(34)42)31(44)28(33(5,6)7)38-32(45)37-23(19(3)4)17-25(40)22-10-8-9-14-35-22/h8-10,14,18-21,23-24,26,28H,11-13,15-17H2,1-7H3,(H2,34,42)(H,36,43)(H2,37,38,45)/t21-,23-,24?,26+,28-/m1/s1. The number of hydrogen-bond donors (Lipinski definition) is 4. The number of nitrogens with two attached hydrogens (primary N) is 1. The molecule has 2 fully saturated rings. The first-order valence-corrected chi connectivity index (χ1v) is 16.0. The molecule has 12 heteroatoms. The van der Waals surface area contributed by atoms with Crippen LogP contribution in [0, 0.1) is 29.1 Å². The number of pyridine rings is 1. The summed E-state index contributed by atoms with van der Waals surface area (Å²) in [7, 11) is 0. The number of urea groups is 1. The van der Waals surface area contributed by atoms with Crippen molar-refractivity contribution in [3.63, 3.8) is 0 Å². The Morgan fingerprint density at radius 2 is 1.64 bits per heavy atom. The van der Waals surface area contributed by atoms with Gasteiger partial charge in [0.25, 0.3) is 5.91 Å². The highest BCUT2D eigenvalue weighted by molar-refractivity contribution is 6.37. The van der Waals surface area contributed by atoms with Crippen LogP contribution in [0.3, 0.4) is 0 Å². The number of aromatic nitrogens is 1. The van der Waals surface area contributed by atoms with E-state index in [1.807, 2.05) is 48.5 Å². The van der Waals surface area contributed by atoms with Crippen LogP contribution in [0.5, 0.6) is 0 Å². The third kappa shape index (κ3) is 9.58. The van der Waals surface area contributed by atoms with E-state index in [0.29, 0.717) is 25.1 Å². The number of amides is 5. The van der Waals surface area contributed by atoms with Gasteiger partial charge in [-0.05, 0) is 54.1 Å². The minimum Gasteiger partial charge on any atom is -0.363 e. The molecule has 1 unspecified atom stereocenters. The van der Waals surface area contributed by atoms with Gasteiger partial charge in [0.05, 0.1) is 6.04 Å². The molecule has 248 valence electrons. The summed E-state index contributed by atoms with van der Waals surface area (Å²) in [6, 6.07) is 1.00. The summed E-state index contributed by atoms with van der Waals surface area (Å²) in [5.74, 6) is -3.10. The van der Waals surface area contributed by atoms with E-state index < -0.39 is 59.1 Å². The molecule has 2 heterocycles. The lowest BCUT2D eigenvalue weighted by Gasteiger charge is -2.37. The number of likely N-dealkylation sites (tertiary alicyclic amines) is 1. The fourth-order valence-corrected chi connectivity index (χ4v) is 5.89. The first kappa shape index (κ1) is 35.6. The molecule has 1 saturated heterocycles. The second-order valence-electron chi connectivity index (χ2n) is 14.3. The Balaban J connectivity index is 1.79. The molecule has 5 amide bonds. The van der Waals surface area contributed by atoms with E-state index in [1.165, 1.54) is 11.1 Å². The van der Waals surface area contributed by atoms with Gasteiger partial charge in [-0.2, -0.15) is 0 Å². The number of rotatable bonds is 14. The number of hydrogen-bond acceptors (Lipinski definition) is 7. The van der Waals surface area contributed by atoms with Gasteiger partial charge in [0.2, 0.25) is 17.6 Å². The van der Waals surface area contributed by atoms with Crippen molar-refractivity contribution in [1.82, 2.24) is 25.8 Å². The minimum absolute atomic E-state index is 0.0344. The molecule has 1 aliphatic carbocycles. The predicted molar refractivity (Wildman–Crippen MR) is 169 cm³/mol. The summed E-state index contributed by atoms with van der Waals surface area (Å²) in [6.07, 6.45) is 4.29. The summed E-state index contributed by atoms with van der Waals surface area (Å²) in [5.41, 5.74) is 4.86. The first-order chi connectivity index (χ1) is 21.0. The summed E-state index contributed by atoms with van der Waals surface area (Å²) < 4.78 is 0. The van der Waals surface area contributed by atoms with Gasteiger partial charge < -0.3 is 26.6 Å². The van der Waals surface area contributed by atoms with Crippen molar-refractivity contribution >= 4 is 35.3 Å². The SMILES string of the molecule is CC(C)[C@H]1CCN(C(=O)[C@@H](NC(=O)N[C@H](CC(=O)c2ccccn2)C(C)C)C(C)(C)C)[C@@H]1C(=O)NC(CC1CC1)C(=O)C(N)=O. The Morgan fingerprint density at radius 1 is 0.978 bits per heavy atom. The van der Waals surface area contributed by atoms with Crippen molar-refractivity contribution in [3.8, 4) is 0 Å². The lowest BCUT2D eigenvalue weighted by atomic mass is 9.84. The monoisotopic (exact) mass is 626 g/mol. The maximum atomic E-state index is 14.2. The van der Waals surface area contributed by atoms with Gasteiger partial charge in [0.1, 0.15) is 17.8 Å². The Hall–Kier alpha value is -3.83. The van der Waals surface area contributed by atoms with Crippen LogP contribution in [0.1, 0.15) is 91.1 Å². The molecule has 12 nitrogen and oxygen atoms in total. The number of primary amides is 1. The van der Waals surface area contributed by atoms with E-state index in [9.17, 15) is 28.8 Å². The second-order valence-corrected chi connectivity index (χ2v) is 14.3. The van der Waals surface area contributed by atoms with Gasteiger partial charge >= 0.3 is 6.03 Å². The fourth-order valence-electron chi connectivity index (χ4n) is 5.89. The maximum absolute atomic E-state index is 14.2.